The van der Waals surface area contributed by atoms with Crippen LogP contribution in [0.25, 0.3) is 0 Å². The second-order valence-electron chi connectivity index (χ2n) is 4.92. The van der Waals surface area contributed by atoms with E-state index in [1.165, 1.54) is 11.1 Å². The van der Waals surface area contributed by atoms with Crippen molar-refractivity contribution < 1.29 is 14.2 Å². The summed E-state index contributed by atoms with van der Waals surface area (Å²) in [4.78, 5) is 0. The smallest absolute Gasteiger partial charge is 0.142 e. The van der Waals surface area contributed by atoms with Gasteiger partial charge in [-0.15, -0.1) is 0 Å². The summed E-state index contributed by atoms with van der Waals surface area (Å²) in [6, 6.07) is 11.5. The summed E-state index contributed by atoms with van der Waals surface area (Å²) in [5, 5.41) is 0. The van der Waals surface area contributed by atoms with Crippen LogP contribution in [0.3, 0.4) is 0 Å². The summed E-state index contributed by atoms with van der Waals surface area (Å²) < 4.78 is 16.4. The zero-order chi connectivity index (χ0) is 15.2. The van der Waals surface area contributed by atoms with Crippen molar-refractivity contribution in [1.82, 2.24) is 0 Å². The maximum absolute atomic E-state index is 5.88. The summed E-state index contributed by atoms with van der Waals surface area (Å²) >= 11 is 0. The molecule has 0 saturated heterocycles. The van der Waals surface area contributed by atoms with Crippen molar-refractivity contribution in [3.8, 4) is 17.2 Å². The number of methoxy groups -OCH3 is 1. The number of anilines is 1. The van der Waals surface area contributed by atoms with Crippen LogP contribution in [0.2, 0.25) is 0 Å². The van der Waals surface area contributed by atoms with Gasteiger partial charge in [-0.3, -0.25) is 0 Å². The molecule has 0 fully saturated rings. The van der Waals surface area contributed by atoms with Gasteiger partial charge in [0.15, 0.2) is 0 Å². The molecule has 2 N–H and O–H groups in total. The molecule has 21 heavy (non-hydrogen) atoms. The van der Waals surface area contributed by atoms with Gasteiger partial charge in [0.05, 0.1) is 12.8 Å². The first kappa shape index (κ1) is 15.0. The molecule has 2 rings (SSSR count). The predicted octanol–water partition coefficient (Wildman–Crippen LogP) is 3.35. The SMILES string of the molecule is COc1ccc(OCCOc2cc(C)cc(C)c2)c(N)c1. The van der Waals surface area contributed by atoms with Gasteiger partial charge in [0.1, 0.15) is 30.5 Å². The first-order chi connectivity index (χ1) is 10.1. The van der Waals surface area contributed by atoms with E-state index < -0.39 is 0 Å². The molecule has 0 unspecified atom stereocenters. The van der Waals surface area contributed by atoms with Crippen molar-refractivity contribution in [3.63, 3.8) is 0 Å². The third-order valence-electron chi connectivity index (χ3n) is 3.02. The normalized spacial score (nSPS) is 10.2. The van der Waals surface area contributed by atoms with E-state index in [1.807, 2.05) is 18.2 Å². The minimum absolute atomic E-state index is 0.434. The highest BCUT2D eigenvalue weighted by atomic mass is 16.5. The van der Waals surface area contributed by atoms with Gasteiger partial charge in [0.25, 0.3) is 0 Å². The summed E-state index contributed by atoms with van der Waals surface area (Å²) in [5.74, 6) is 2.21. The number of hydrogen-bond acceptors (Lipinski definition) is 4. The maximum Gasteiger partial charge on any atom is 0.142 e. The molecule has 0 aliphatic heterocycles. The van der Waals surface area contributed by atoms with E-state index in [1.54, 1.807) is 19.2 Å². The van der Waals surface area contributed by atoms with E-state index in [4.69, 9.17) is 19.9 Å². The number of rotatable bonds is 6. The van der Waals surface area contributed by atoms with Gasteiger partial charge in [-0.2, -0.15) is 0 Å². The van der Waals surface area contributed by atoms with Gasteiger partial charge in [-0.1, -0.05) is 6.07 Å². The maximum atomic E-state index is 5.88. The van der Waals surface area contributed by atoms with Crippen molar-refractivity contribution in [2.75, 3.05) is 26.1 Å². The van der Waals surface area contributed by atoms with Crippen molar-refractivity contribution >= 4 is 5.69 Å². The lowest BCUT2D eigenvalue weighted by Crippen LogP contribution is -2.10. The van der Waals surface area contributed by atoms with Crippen molar-refractivity contribution in [2.24, 2.45) is 0 Å². The van der Waals surface area contributed by atoms with E-state index in [-0.39, 0.29) is 0 Å². The molecule has 0 aromatic heterocycles. The molecule has 0 saturated carbocycles. The van der Waals surface area contributed by atoms with Gasteiger partial charge < -0.3 is 19.9 Å². The van der Waals surface area contributed by atoms with Crippen molar-refractivity contribution in [2.45, 2.75) is 13.8 Å². The highest BCUT2D eigenvalue weighted by molar-refractivity contribution is 5.56. The minimum Gasteiger partial charge on any atom is -0.497 e. The standard InChI is InChI=1S/C17H21NO3/c1-12-8-13(2)10-15(9-12)20-6-7-21-17-5-4-14(19-3)11-16(17)18/h4-5,8-11H,6-7,18H2,1-3H3. The number of nitrogens with two attached hydrogens (primary N) is 1. The van der Waals surface area contributed by atoms with Crippen LogP contribution in [0.5, 0.6) is 17.2 Å². The number of ether oxygens (including phenoxy) is 3. The van der Waals surface area contributed by atoms with Crippen LogP contribution < -0.4 is 19.9 Å². The molecule has 0 bridgehead atoms. The molecule has 0 amide bonds. The molecule has 4 nitrogen and oxygen atoms in total. The van der Waals surface area contributed by atoms with E-state index in [2.05, 4.69) is 19.9 Å². The van der Waals surface area contributed by atoms with Crippen LogP contribution in [0.4, 0.5) is 5.69 Å². The van der Waals surface area contributed by atoms with Crippen molar-refractivity contribution in [3.05, 3.63) is 47.5 Å². The molecule has 0 atom stereocenters. The average molecular weight is 287 g/mol. The summed E-state index contributed by atoms with van der Waals surface area (Å²) in [5.41, 5.74) is 8.81. The Morgan fingerprint density at radius 2 is 1.52 bits per heavy atom. The molecule has 0 aliphatic rings. The van der Waals surface area contributed by atoms with Gasteiger partial charge in [-0.05, 0) is 49.2 Å². The lowest BCUT2D eigenvalue weighted by Gasteiger charge is -2.11. The summed E-state index contributed by atoms with van der Waals surface area (Å²) in [6.07, 6.45) is 0. The highest BCUT2D eigenvalue weighted by Gasteiger charge is 2.03. The fourth-order valence-electron chi connectivity index (χ4n) is 2.11. The molecule has 2 aromatic rings. The summed E-state index contributed by atoms with van der Waals surface area (Å²) in [6.45, 7) is 5.00. The molecule has 0 spiro atoms. The van der Waals surface area contributed by atoms with Gasteiger partial charge in [-0.25, -0.2) is 0 Å². The first-order valence-corrected chi connectivity index (χ1v) is 6.86. The quantitative estimate of drug-likeness (QED) is 0.654. The van der Waals surface area contributed by atoms with E-state index in [0.717, 1.165) is 5.75 Å². The molecular formula is C17H21NO3. The molecule has 0 heterocycles. The Labute approximate surface area is 125 Å². The number of hydrogen-bond donors (Lipinski definition) is 1. The monoisotopic (exact) mass is 287 g/mol. The molecule has 2 aromatic carbocycles. The molecule has 0 aliphatic carbocycles. The minimum atomic E-state index is 0.434. The zero-order valence-corrected chi connectivity index (χ0v) is 12.7. The Morgan fingerprint density at radius 1 is 0.857 bits per heavy atom. The predicted molar refractivity (Wildman–Crippen MR) is 84.3 cm³/mol. The van der Waals surface area contributed by atoms with Gasteiger partial charge in [0.2, 0.25) is 0 Å². The molecular weight excluding hydrogens is 266 g/mol. The van der Waals surface area contributed by atoms with Crippen LogP contribution in [-0.4, -0.2) is 20.3 Å². The molecule has 4 heteroatoms. The number of nitrogen functional groups attached to an aromatic ring is 1. The lowest BCUT2D eigenvalue weighted by molar-refractivity contribution is 0.217. The number of aryl methyl sites for hydroxylation is 2. The van der Waals surface area contributed by atoms with E-state index in [9.17, 15) is 0 Å². The van der Waals surface area contributed by atoms with Crippen LogP contribution in [0, 0.1) is 13.8 Å². The second kappa shape index (κ2) is 6.88. The van der Waals surface area contributed by atoms with Crippen LogP contribution >= 0.6 is 0 Å². The highest BCUT2D eigenvalue weighted by Crippen LogP contribution is 2.26. The Hall–Kier alpha value is -2.36. The first-order valence-electron chi connectivity index (χ1n) is 6.86. The van der Waals surface area contributed by atoms with Crippen LogP contribution in [0.15, 0.2) is 36.4 Å². The summed E-state index contributed by atoms with van der Waals surface area (Å²) in [7, 11) is 1.60. The Morgan fingerprint density at radius 3 is 2.14 bits per heavy atom. The van der Waals surface area contributed by atoms with E-state index >= 15 is 0 Å². The van der Waals surface area contributed by atoms with Crippen molar-refractivity contribution in [1.29, 1.82) is 0 Å². The second-order valence-corrected chi connectivity index (χ2v) is 4.92. The van der Waals surface area contributed by atoms with Gasteiger partial charge >= 0.3 is 0 Å². The fraction of sp³-hybridized carbons (Fsp3) is 0.294. The third kappa shape index (κ3) is 4.31. The lowest BCUT2D eigenvalue weighted by atomic mass is 10.1. The van der Waals surface area contributed by atoms with Gasteiger partial charge in [0, 0.05) is 6.07 Å². The zero-order valence-electron chi connectivity index (χ0n) is 12.7. The largest absolute Gasteiger partial charge is 0.497 e. The molecule has 112 valence electrons. The van der Waals surface area contributed by atoms with Crippen LogP contribution in [-0.2, 0) is 0 Å². The van der Waals surface area contributed by atoms with E-state index in [0.29, 0.717) is 30.4 Å². The topological polar surface area (TPSA) is 53.7 Å². The number of benzene rings is 2. The van der Waals surface area contributed by atoms with Crippen LogP contribution in [0.1, 0.15) is 11.1 Å². The third-order valence-corrected chi connectivity index (χ3v) is 3.02. The Balaban J connectivity index is 1.84. The Bertz CT molecular complexity index is 591. The average Bonchev–Trinajstić information content (AvgIpc) is 2.43. The Kier molecular flexibility index (Phi) is 4.93. The fourth-order valence-corrected chi connectivity index (χ4v) is 2.11. The molecule has 0 radical (unpaired) electrons.